The molecule has 7 aromatic carbocycles. The Bertz CT molecular complexity index is 2470. The molecule has 8 aromatic rings. The molecule has 0 spiro atoms. The molecule has 0 saturated carbocycles. The van der Waals surface area contributed by atoms with Crippen LogP contribution in [-0.4, -0.2) is 9.55 Å². The lowest BCUT2D eigenvalue weighted by molar-refractivity contribution is 0.486. The molecule has 1 aliphatic heterocycles. The lowest BCUT2D eigenvalue weighted by atomic mass is 9.93. The molecule has 0 bridgehead atoms. The van der Waals surface area contributed by atoms with Crippen LogP contribution < -0.4 is 4.74 Å². The first-order valence-electron chi connectivity index (χ1n) is 16.2. The Balaban J connectivity index is 1.16. The highest BCUT2D eigenvalue weighted by Gasteiger charge is 2.18. The molecule has 0 radical (unpaired) electrons. The van der Waals surface area contributed by atoms with Crippen molar-refractivity contribution >= 4 is 23.2 Å². The van der Waals surface area contributed by atoms with E-state index in [-0.39, 0.29) is 0 Å². The summed E-state index contributed by atoms with van der Waals surface area (Å²) in [5.74, 6) is 2.58. The first kappa shape index (κ1) is 27.8. The van der Waals surface area contributed by atoms with E-state index in [0.29, 0.717) is 0 Å². The normalized spacial score (nSPS) is 11.8. The lowest BCUT2D eigenvalue weighted by Gasteiger charge is -2.16. The number of aromatic nitrogens is 2. The summed E-state index contributed by atoms with van der Waals surface area (Å²) in [6.45, 7) is 0. The highest BCUT2D eigenvalue weighted by atomic mass is 16.5. The Morgan fingerprint density at radius 2 is 0.979 bits per heavy atom. The minimum Gasteiger partial charge on any atom is -0.456 e. The van der Waals surface area contributed by atoms with Crippen LogP contribution in [0.3, 0.4) is 0 Å². The zero-order valence-electron chi connectivity index (χ0n) is 26.1. The van der Waals surface area contributed by atoms with Gasteiger partial charge in [-0.1, -0.05) is 140 Å². The summed E-state index contributed by atoms with van der Waals surface area (Å²) >= 11 is 0. The van der Waals surface area contributed by atoms with Crippen LogP contribution in [-0.2, 0) is 0 Å². The molecular formula is C45H30N2O. The van der Waals surface area contributed by atoms with Gasteiger partial charge in [0.2, 0.25) is 0 Å². The summed E-state index contributed by atoms with van der Waals surface area (Å²) in [7, 11) is 0. The van der Waals surface area contributed by atoms with Gasteiger partial charge in [-0.25, -0.2) is 4.98 Å². The zero-order chi connectivity index (χ0) is 31.9. The molecule has 0 fully saturated rings. The number of hydrogen-bond donors (Lipinski definition) is 0. The fraction of sp³-hybridized carbons (Fsp3) is 0. The Hall–Kier alpha value is -6.45. The van der Waals surface area contributed by atoms with Gasteiger partial charge < -0.3 is 4.74 Å². The van der Waals surface area contributed by atoms with Gasteiger partial charge in [-0.15, -0.1) is 0 Å². The van der Waals surface area contributed by atoms with Crippen LogP contribution in [0.5, 0.6) is 11.5 Å². The summed E-state index contributed by atoms with van der Waals surface area (Å²) in [6.07, 6.45) is 4.44. The molecule has 9 rings (SSSR count). The Morgan fingerprint density at radius 1 is 0.417 bits per heavy atom. The smallest absolute Gasteiger partial charge is 0.145 e. The minimum atomic E-state index is 0.825. The molecule has 0 amide bonds. The second-order valence-electron chi connectivity index (χ2n) is 12.0. The maximum Gasteiger partial charge on any atom is 0.145 e. The summed E-state index contributed by atoms with van der Waals surface area (Å²) < 4.78 is 8.97. The van der Waals surface area contributed by atoms with Gasteiger partial charge in [-0.05, 0) is 75.8 Å². The van der Waals surface area contributed by atoms with Crippen molar-refractivity contribution in [1.29, 1.82) is 0 Å². The number of nitrogens with zero attached hydrogens (tertiary/aromatic N) is 2. The van der Waals surface area contributed by atoms with Crippen LogP contribution in [0, 0.1) is 0 Å². The number of ether oxygens (including phenoxy) is 1. The summed E-state index contributed by atoms with van der Waals surface area (Å²) in [5.41, 5.74) is 13.1. The first-order valence-corrected chi connectivity index (χ1v) is 16.2. The van der Waals surface area contributed by atoms with E-state index in [9.17, 15) is 0 Å². The molecule has 3 heteroatoms. The molecule has 0 atom stereocenters. The molecule has 2 heterocycles. The SMILES string of the molecule is C1=Cc2ccc(-c3ccc(-c4nc5ccccc5n4-c4ccccc4)cc3)cc2-c2ccccc2Oc2ccccc2-c2ccccc21. The lowest BCUT2D eigenvalue weighted by Crippen LogP contribution is -1.97. The quantitative estimate of drug-likeness (QED) is 0.198. The number of rotatable bonds is 3. The van der Waals surface area contributed by atoms with Crippen molar-refractivity contribution in [3.63, 3.8) is 0 Å². The van der Waals surface area contributed by atoms with Crippen molar-refractivity contribution in [2.45, 2.75) is 0 Å². The van der Waals surface area contributed by atoms with Crippen molar-refractivity contribution in [1.82, 2.24) is 9.55 Å². The van der Waals surface area contributed by atoms with Crippen LogP contribution >= 0.6 is 0 Å². The van der Waals surface area contributed by atoms with E-state index in [1.165, 1.54) is 0 Å². The van der Waals surface area contributed by atoms with Gasteiger partial charge in [0, 0.05) is 22.4 Å². The predicted molar refractivity (Wildman–Crippen MR) is 198 cm³/mol. The molecule has 226 valence electrons. The number of para-hydroxylation sites is 5. The molecule has 48 heavy (non-hydrogen) atoms. The van der Waals surface area contributed by atoms with Crippen LogP contribution in [0.4, 0.5) is 0 Å². The van der Waals surface area contributed by atoms with E-state index in [1.807, 2.05) is 24.3 Å². The maximum absolute atomic E-state index is 6.73. The molecular weight excluding hydrogens is 585 g/mol. The van der Waals surface area contributed by atoms with Gasteiger partial charge in [-0.2, -0.15) is 0 Å². The van der Waals surface area contributed by atoms with Gasteiger partial charge in [0.15, 0.2) is 0 Å². The largest absolute Gasteiger partial charge is 0.456 e. The molecule has 1 aromatic heterocycles. The molecule has 3 nitrogen and oxygen atoms in total. The van der Waals surface area contributed by atoms with Gasteiger partial charge in [0.1, 0.15) is 17.3 Å². The third-order valence-electron chi connectivity index (χ3n) is 9.08. The van der Waals surface area contributed by atoms with Crippen LogP contribution in [0.15, 0.2) is 170 Å². The van der Waals surface area contributed by atoms with E-state index in [1.54, 1.807) is 0 Å². The summed E-state index contributed by atoms with van der Waals surface area (Å²) in [4.78, 5) is 5.06. The third-order valence-corrected chi connectivity index (χ3v) is 9.08. The topological polar surface area (TPSA) is 27.1 Å². The van der Waals surface area contributed by atoms with E-state index < -0.39 is 0 Å². The standard InChI is InChI=1S/C45H30N2O/c1-2-13-36(14-3-1)47-42-19-9-8-18-41(42)46-45(47)34-27-22-31(23-28-34)35-29-26-33-25-24-32-12-4-5-15-37(32)38-16-6-10-20-43(38)48-44-21-11-7-17-39(44)40(33)30-35/h1-30H. The highest BCUT2D eigenvalue weighted by Crippen LogP contribution is 2.42. The van der Waals surface area contributed by atoms with Crippen molar-refractivity contribution in [3.05, 3.63) is 181 Å². The van der Waals surface area contributed by atoms with Crippen LogP contribution in [0.1, 0.15) is 11.1 Å². The molecule has 1 aliphatic rings. The van der Waals surface area contributed by atoms with E-state index >= 15 is 0 Å². The van der Waals surface area contributed by atoms with Crippen LogP contribution in [0.25, 0.3) is 73.6 Å². The molecule has 0 N–H and O–H groups in total. The van der Waals surface area contributed by atoms with E-state index in [0.717, 1.165) is 84.1 Å². The van der Waals surface area contributed by atoms with E-state index in [2.05, 4.69) is 162 Å². The van der Waals surface area contributed by atoms with E-state index in [4.69, 9.17) is 9.72 Å². The Kier molecular flexibility index (Phi) is 6.80. The average molecular weight is 615 g/mol. The maximum atomic E-state index is 6.73. The fourth-order valence-corrected chi connectivity index (χ4v) is 6.73. The van der Waals surface area contributed by atoms with Gasteiger partial charge >= 0.3 is 0 Å². The average Bonchev–Trinajstić information content (AvgIpc) is 3.54. The Labute approximate surface area is 279 Å². The number of fused-ring (bicyclic) bond motifs is 7. The molecule has 0 saturated heterocycles. The van der Waals surface area contributed by atoms with Gasteiger partial charge in [0.25, 0.3) is 0 Å². The number of hydrogen-bond acceptors (Lipinski definition) is 2. The fourth-order valence-electron chi connectivity index (χ4n) is 6.73. The van der Waals surface area contributed by atoms with Gasteiger partial charge in [-0.3, -0.25) is 4.57 Å². The summed E-state index contributed by atoms with van der Waals surface area (Å²) in [6, 6.07) is 59.3. The molecule has 0 unspecified atom stereocenters. The van der Waals surface area contributed by atoms with Crippen molar-refractivity contribution < 1.29 is 4.74 Å². The second kappa shape index (κ2) is 11.7. The monoisotopic (exact) mass is 614 g/mol. The second-order valence-corrected chi connectivity index (χ2v) is 12.0. The number of imidazole rings is 1. The minimum absolute atomic E-state index is 0.825. The van der Waals surface area contributed by atoms with Crippen LogP contribution in [0.2, 0.25) is 0 Å². The van der Waals surface area contributed by atoms with Crippen molar-refractivity contribution in [3.8, 4) is 62.0 Å². The number of benzene rings is 7. The zero-order valence-corrected chi connectivity index (χ0v) is 26.1. The predicted octanol–water partition coefficient (Wildman–Crippen LogP) is 12.0. The highest BCUT2D eigenvalue weighted by molar-refractivity contribution is 5.91. The third kappa shape index (κ3) is 4.90. The summed E-state index contributed by atoms with van der Waals surface area (Å²) in [5, 5.41) is 0. The Morgan fingerprint density at radius 3 is 1.75 bits per heavy atom. The van der Waals surface area contributed by atoms with Gasteiger partial charge in [0.05, 0.1) is 11.0 Å². The molecule has 0 aliphatic carbocycles. The van der Waals surface area contributed by atoms with Crippen molar-refractivity contribution in [2.24, 2.45) is 0 Å². The van der Waals surface area contributed by atoms with Crippen molar-refractivity contribution in [2.75, 3.05) is 0 Å². The first-order chi connectivity index (χ1) is 23.8.